The van der Waals surface area contributed by atoms with Crippen LogP contribution in [-0.2, 0) is 0 Å². The molecule has 0 radical (unpaired) electrons. The molecule has 1 aliphatic rings. The van der Waals surface area contributed by atoms with E-state index in [9.17, 15) is 15.0 Å². The number of methoxy groups -OCH3 is 1. The van der Waals surface area contributed by atoms with E-state index in [-0.39, 0.29) is 29.3 Å². The molecule has 33 heavy (non-hydrogen) atoms. The third-order valence-electron chi connectivity index (χ3n) is 5.50. The van der Waals surface area contributed by atoms with Crippen LogP contribution in [0.25, 0.3) is 0 Å². The Morgan fingerprint density at radius 1 is 1.30 bits per heavy atom. The molecule has 1 aliphatic heterocycles. The van der Waals surface area contributed by atoms with Gasteiger partial charge in [-0.15, -0.1) is 0 Å². The van der Waals surface area contributed by atoms with Crippen LogP contribution < -0.4 is 15.4 Å². The highest BCUT2D eigenvalue weighted by atomic mass is 35.5. The van der Waals surface area contributed by atoms with Crippen LogP contribution in [0.1, 0.15) is 61.3 Å². The maximum absolute atomic E-state index is 12.9. The van der Waals surface area contributed by atoms with Crippen LogP contribution in [0.15, 0.2) is 29.3 Å². The molecule has 2 unspecified atom stereocenters. The molecule has 3 rings (SSSR count). The molecule has 10 nitrogen and oxygen atoms in total. The minimum atomic E-state index is -1.16. The Balaban J connectivity index is 1.65. The van der Waals surface area contributed by atoms with Gasteiger partial charge in [-0.1, -0.05) is 38.0 Å². The smallest absolute Gasteiger partial charge is 0.277 e. The van der Waals surface area contributed by atoms with Gasteiger partial charge in [-0.2, -0.15) is 4.98 Å². The molecule has 1 aromatic carbocycles. The fraction of sp³-hybridized carbons (Fsp3) is 0.500. The van der Waals surface area contributed by atoms with Crippen LogP contribution in [0.3, 0.4) is 0 Å². The monoisotopic (exact) mass is 478 g/mol. The first-order valence-corrected chi connectivity index (χ1v) is 11.4. The summed E-state index contributed by atoms with van der Waals surface area (Å²) in [6.07, 6.45) is 1.32. The number of ether oxygens (including phenoxy) is 1. The number of hydrogen-bond donors (Lipinski definition) is 4. The number of benzene rings is 1. The largest absolute Gasteiger partial charge is 0.496 e. The molecule has 0 spiro atoms. The molecule has 2 aromatic rings. The highest BCUT2D eigenvalue weighted by Crippen LogP contribution is 2.30. The lowest BCUT2D eigenvalue weighted by Crippen LogP contribution is -2.56. The lowest BCUT2D eigenvalue weighted by atomic mass is 10.1. The quantitative estimate of drug-likeness (QED) is 0.221. The van der Waals surface area contributed by atoms with Crippen molar-refractivity contribution in [1.82, 2.24) is 14.9 Å². The Bertz CT molecular complexity index is 982. The fourth-order valence-electron chi connectivity index (χ4n) is 3.79. The molecule has 0 bridgehead atoms. The van der Waals surface area contributed by atoms with E-state index in [0.717, 1.165) is 19.3 Å². The Morgan fingerprint density at radius 2 is 2.03 bits per heavy atom. The number of imidazole rings is 1. The van der Waals surface area contributed by atoms with Gasteiger partial charge in [0, 0.05) is 25.1 Å². The average molecular weight is 479 g/mol. The van der Waals surface area contributed by atoms with Crippen molar-refractivity contribution in [3.63, 3.8) is 0 Å². The van der Waals surface area contributed by atoms with E-state index in [1.807, 2.05) is 0 Å². The average Bonchev–Trinajstić information content (AvgIpc) is 3.19. The first-order chi connectivity index (χ1) is 15.9. The van der Waals surface area contributed by atoms with E-state index in [4.69, 9.17) is 22.1 Å². The molecular formula is C22H31ClN6O4. The number of nitrogens with one attached hydrogen (secondary N) is 1. The summed E-state index contributed by atoms with van der Waals surface area (Å²) < 4.78 is 5.24. The highest BCUT2D eigenvalue weighted by Gasteiger charge is 2.38. The molecular weight excluding hydrogens is 448 g/mol. The van der Waals surface area contributed by atoms with E-state index in [1.165, 1.54) is 12.0 Å². The predicted molar refractivity (Wildman–Crippen MR) is 126 cm³/mol. The summed E-state index contributed by atoms with van der Waals surface area (Å²) in [6, 6.07) is 7.02. The molecule has 0 aliphatic carbocycles. The Morgan fingerprint density at radius 3 is 2.76 bits per heavy atom. The number of aliphatic imine (C=N–C) groups is 1. The lowest BCUT2D eigenvalue weighted by Gasteiger charge is -2.40. The number of anilines is 1. The van der Waals surface area contributed by atoms with Crippen LogP contribution in [0.5, 0.6) is 5.75 Å². The third-order valence-corrected chi connectivity index (χ3v) is 5.68. The maximum Gasteiger partial charge on any atom is 0.277 e. The van der Waals surface area contributed by atoms with Gasteiger partial charge < -0.3 is 30.6 Å². The number of halogens is 1. The molecule has 2 atom stereocenters. The van der Waals surface area contributed by atoms with Crippen LogP contribution in [0, 0.1) is 0 Å². The van der Waals surface area contributed by atoms with Crippen molar-refractivity contribution in [2.75, 3.05) is 25.1 Å². The van der Waals surface area contributed by atoms with Gasteiger partial charge in [0.15, 0.2) is 12.0 Å². The van der Waals surface area contributed by atoms with Crippen molar-refractivity contribution >= 4 is 29.2 Å². The lowest BCUT2D eigenvalue weighted by molar-refractivity contribution is 0.000378. The third kappa shape index (κ3) is 5.76. The summed E-state index contributed by atoms with van der Waals surface area (Å²) >= 11 is 5.99. The standard InChI is InChI=1S/C22H31ClN6O4/c1-3-4-7-12-28-18-17(26-21(23)27-18)20(31)29(22(28)32)13-8-11-16(24)25-19(30)14-9-5-6-10-15(14)33-2/h5-6,9-10,19,22,30,32H,3-4,7-8,11-13H2,1-2H3,(H2,24,25)(H,26,27). The van der Waals surface area contributed by atoms with Crippen LogP contribution in [0.2, 0.25) is 5.28 Å². The normalized spacial score (nSPS) is 17.3. The summed E-state index contributed by atoms with van der Waals surface area (Å²) in [5, 5.41) is 21.4. The topological polar surface area (TPSA) is 140 Å². The molecule has 0 fully saturated rings. The zero-order chi connectivity index (χ0) is 24.0. The van der Waals surface area contributed by atoms with Gasteiger partial charge in [0.25, 0.3) is 5.91 Å². The molecule has 1 amide bonds. The summed E-state index contributed by atoms with van der Waals surface area (Å²) in [5.41, 5.74) is 6.79. The number of carbonyl (C=O) groups excluding carboxylic acids is 1. The van der Waals surface area contributed by atoms with E-state index >= 15 is 0 Å². The number of H-pyrrole nitrogens is 1. The number of nitrogens with two attached hydrogens (primary N) is 1. The molecule has 5 N–H and O–H groups in total. The van der Waals surface area contributed by atoms with E-state index in [1.54, 1.807) is 29.2 Å². The number of unbranched alkanes of at least 4 members (excludes halogenated alkanes) is 2. The van der Waals surface area contributed by atoms with Crippen LogP contribution >= 0.6 is 11.6 Å². The second-order valence-corrected chi connectivity index (χ2v) is 8.17. The number of nitrogens with zero attached hydrogens (tertiary/aromatic N) is 4. The van der Waals surface area contributed by atoms with Gasteiger partial charge in [0.2, 0.25) is 11.6 Å². The number of hydrogen-bond acceptors (Lipinski definition) is 7. The van der Waals surface area contributed by atoms with Crippen molar-refractivity contribution in [2.45, 2.75) is 51.6 Å². The number of aromatic amines is 1. The van der Waals surface area contributed by atoms with Crippen molar-refractivity contribution in [3.05, 3.63) is 40.8 Å². The highest BCUT2D eigenvalue weighted by molar-refractivity contribution is 6.29. The van der Waals surface area contributed by atoms with Crippen molar-refractivity contribution < 1.29 is 19.7 Å². The van der Waals surface area contributed by atoms with E-state index < -0.39 is 12.6 Å². The molecule has 11 heteroatoms. The molecule has 2 heterocycles. The number of carbonyl (C=O) groups is 1. The second kappa shape index (κ2) is 11.4. The zero-order valence-corrected chi connectivity index (χ0v) is 19.6. The SMILES string of the molecule is CCCCCN1c2nc(Cl)[nH]c2C(=O)N(CCCC(N)=NC(O)c2ccccc2OC)C1O. The first-order valence-electron chi connectivity index (χ1n) is 11.0. The van der Waals surface area contributed by atoms with E-state index in [2.05, 4.69) is 21.9 Å². The van der Waals surface area contributed by atoms with Gasteiger partial charge in [-0.25, -0.2) is 4.99 Å². The number of amidine groups is 1. The number of rotatable bonds is 11. The number of aliphatic hydroxyl groups is 2. The van der Waals surface area contributed by atoms with Gasteiger partial charge in [-0.05, 0) is 30.5 Å². The number of para-hydroxylation sites is 1. The molecule has 1 aromatic heterocycles. The number of fused-ring (bicyclic) bond motifs is 1. The van der Waals surface area contributed by atoms with E-state index in [0.29, 0.717) is 36.5 Å². The van der Waals surface area contributed by atoms with Crippen molar-refractivity contribution in [2.24, 2.45) is 10.7 Å². The van der Waals surface area contributed by atoms with Crippen molar-refractivity contribution in [1.29, 1.82) is 0 Å². The predicted octanol–water partition coefficient (Wildman–Crippen LogP) is 2.63. The molecule has 0 saturated carbocycles. The van der Waals surface area contributed by atoms with Gasteiger partial charge in [0.05, 0.1) is 12.9 Å². The van der Waals surface area contributed by atoms with Gasteiger partial charge in [-0.3, -0.25) is 9.69 Å². The Hall–Kier alpha value is -2.82. The Labute approximate surface area is 198 Å². The maximum atomic E-state index is 12.9. The summed E-state index contributed by atoms with van der Waals surface area (Å²) in [7, 11) is 1.52. The summed E-state index contributed by atoms with van der Waals surface area (Å²) in [5.74, 6) is 0.734. The van der Waals surface area contributed by atoms with Crippen LogP contribution in [-0.4, -0.2) is 63.4 Å². The Kier molecular flexibility index (Phi) is 8.54. The van der Waals surface area contributed by atoms with Crippen LogP contribution in [0.4, 0.5) is 5.82 Å². The molecule has 0 saturated heterocycles. The number of amides is 1. The number of aliphatic hydroxyl groups excluding tert-OH is 2. The summed E-state index contributed by atoms with van der Waals surface area (Å²) in [4.78, 5) is 27.1. The minimum Gasteiger partial charge on any atom is -0.496 e. The minimum absolute atomic E-state index is 0.101. The summed E-state index contributed by atoms with van der Waals surface area (Å²) in [6.45, 7) is 2.87. The van der Waals surface area contributed by atoms with Gasteiger partial charge in [0.1, 0.15) is 11.4 Å². The fourth-order valence-corrected chi connectivity index (χ4v) is 3.97. The zero-order valence-electron chi connectivity index (χ0n) is 18.9. The van der Waals surface area contributed by atoms with Gasteiger partial charge >= 0.3 is 0 Å². The molecule has 180 valence electrons. The van der Waals surface area contributed by atoms with Crippen molar-refractivity contribution in [3.8, 4) is 5.75 Å². The first kappa shape index (κ1) is 24.8. The number of aromatic nitrogens is 2. The second-order valence-electron chi connectivity index (χ2n) is 7.81.